The number of aromatic nitrogens is 3. The van der Waals surface area contributed by atoms with Crippen molar-refractivity contribution in [1.82, 2.24) is 19.7 Å². The van der Waals surface area contributed by atoms with Crippen molar-refractivity contribution in [3.8, 4) is 5.75 Å². The van der Waals surface area contributed by atoms with E-state index in [1.54, 1.807) is 23.5 Å². The summed E-state index contributed by atoms with van der Waals surface area (Å²) in [5, 5.41) is 2.80. The third-order valence-corrected chi connectivity index (χ3v) is 4.72. The highest BCUT2D eigenvalue weighted by atomic mass is 19.3. The number of alkyl halides is 2. The van der Waals surface area contributed by atoms with Crippen LogP contribution in [0, 0.1) is 13.8 Å². The zero-order valence-electron chi connectivity index (χ0n) is 16.5. The van der Waals surface area contributed by atoms with E-state index in [1.807, 2.05) is 6.92 Å². The lowest BCUT2D eigenvalue weighted by Gasteiger charge is -2.12. The van der Waals surface area contributed by atoms with Gasteiger partial charge in [-0.3, -0.25) is 14.0 Å². The van der Waals surface area contributed by atoms with Crippen molar-refractivity contribution < 1.29 is 23.1 Å². The molecule has 0 aliphatic rings. The monoisotopic (exact) mass is 417 g/mol. The third kappa shape index (κ3) is 4.70. The van der Waals surface area contributed by atoms with E-state index in [-0.39, 0.29) is 30.3 Å². The second-order valence-corrected chi connectivity index (χ2v) is 6.71. The number of nitrogens with two attached hydrogens (primary N) is 1. The molecule has 0 aliphatic carbocycles. The summed E-state index contributed by atoms with van der Waals surface area (Å²) in [7, 11) is 0. The van der Waals surface area contributed by atoms with Crippen LogP contribution in [0.3, 0.4) is 0 Å². The number of primary amides is 1. The zero-order chi connectivity index (χ0) is 21.8. The molecule has 0 bridgehead atoms. The lowest BCUT2D eigenvalue weighted by Crippen LogP contribution is -2.23. The Bertz CT molecular complexity index is 1080. The number of imidazole rings is 1. The van der Waals surface area contributed by atoms with E-state index in [1.165, 1.54) is 18.5 Å². The summed E-state index contributed by atoms with van der Waals surface area (Å²) in [6, 6.07) is 6.07. The van der Waals surface area contributed by atoms with Gasteiger partial charge >= 0.3 is 6.61 Å². The van der Waals surface area contributed by atoms with Crippen LogP contribution in [0.25, 0.3) is 5.65 Å². The maximum Gasteiger partial charge on any atom is 0.387 e. The molecule has 3 N–H and O–H groups in total. The molecule has 0 aliphatic heterocycles. The Hall–Kier alpha value is -3.56. The number of fused-ring (bicyclic) bond motifs is 1. The van der Waals surface area contributed by atoms with E-state index in [9.17, 15) is 18.4 Å². The Balaban J connectivity index is 1.60. The molecule has 0 radical (unpaired) electrons. The fourth-order valence-electron chi connectivity index (χ4n) is 3.18. The molecule has 158 valence electrons. The lowest BCUT2D eigenvalue weighted by atomic mass is 10.1. The van der Waals surface area contributed by atoms with Crippen LogP contribution in [0.5, 0.6) is 5.75 Å². The Morgan fingerprint density at radius 3 is 2.57 bits per heavy atom. The van der Waals surface area contributed by atoms with Gasteiger partial charge in [-0.15, -0.1) is 0 Å². The summed E-state index contributed by atoms with van der Waals surface area (Å²) in [6.07, 6.45) is 2.18. The number of rotatable bonds is 8. The molecule has 1 aromatic carbocycles. The van der Waals surface area contributed by atoms with Gasteiger partial charge in [0.15, 0.2) is 11.3 Å². The standard InChI is InChI=1S/C20H21F2N5O3/c1-11-15(12(2)27-10-25-17(18(23)29)19(27)26-11)7-8-16(28)24-9-13-3-5-14(6-4-13)30-20(21)22/h3-6,10,20H,7-9H2,1-2H3,(H2,23,29)(H,24,28). The maximum atomic E-state index is 12.2. The molecule has 30 heavy (non-hydrogen) atoms. The predicted octanol–water partition coefficient (Wildman–Crippen LogP) is 2.30. The highest BCUT2D eigenvalue weighted by Crippen LogP contribution is 2.19. The Labute approximate surface area is 171 Å². The van der Waals surface area contributed by atoms with E-state index < -0.39 is 12.5 Å². The zero-order valence-corrected chi connectivity index (χ0v) is 16.5. The van der Waals surface area contributed by atoms with Crippen molar-refractivity contribution in [2.45, 2.75) is 39.8 Å². The summed E-state index contributed by atoms with van der Waals surface area (Å²) >= 11 is 0. The highest BCUT2D eigenvalue weighted by Gasteiger charge is 2.17. The van der Waals surface area contributed by atoms with Crippen molar-refractivity contribution in [2.24, 2.45) is 5.73 Å². The van der Waals surface area contributed by atoms with Gasteiger partial charge in [0.05, 0.1) is 0 Å². The molecule has 2 heterocycles. The third-order valence-electron chi connectivity index (χ3n) is 4.72. The number of carbonyl (C=O) groups is 2. The van der Waals surface area contributed by atoms with Crippen molar-refractivity contribution in [1.29, 1.82) is 0 Å². The van der Waals surface area contributed by atoms with Crippen LogP contribution in [0.15, 0.2) is 30.6 Å². The van der Waals surface area contributed by atoms with Crippen LogP contribution in [0.2, 0.25) is 0 Å². The Kier molecular flexibility index (Phi) is 6.24. The first-order chi connectivity index (χ1) is 14.3. The molecule has 0 saturated heterocycles. The average molecular weight is 417 g/mol. The van der Waals surface area contributed by atoms with E-state index in [0.29, 0.717) is 17.8 Å². The van der Waals surface area contributed by atoms with Gasteiger partial charge in [0.2, 0.25) is 5.91 Å². The Morgan fingerprint density at radius 2 is 1.93 bits per heavy atom. The quantitative estimate of drug-likeness (QED) is 0.584. The minimum Gasteiger partial charge on any atom is -0.435 e. The maximum absolute atomic E-state index is 12.2. The van der Waals surface area contributed by atoms with Crippen molar-refractivity contribution in [3.63, 3.8) is 0 Å². The molecule has 0 atom stereocenters. The molecule has 3 rings (SSSR count). The molecular weight excluding hydrogens is 396 g/mol. The minimum atomic E-state index is -2.87. The largest absolute Gasteiger partial charge is 0.435 e. The second kappa shape index (κ2) is 8.85. The van der Waals surface area contributed by atoms with Crippen molar-refractivity contribution >= 4 is 17.5 Å². The number of benzene rings is 1. The topological polar surface area (TPSA) is 112 Å². The summed E-state index contributed by atoms with van der Waals surface area (Å²) < 4.78 is 30.3. The van der Waals surface area contributed by atoms with E-state index in [0.717, 1.165) is 16.8 Å². The molecule has 2 amide bonds. The van der Waals surface area contributed by atoms with Crippen LogP contribution >= 0.6 is 0 Å². The minimum absolute atomic E-state index is 0.0629. The molecule has 0 unspecified atom stereocenters. The van der Waals surface area contributed by atoms with Gasteiger partial charge in [0.25, 0.3) is 5.91 Å². The number of amides is 2. The molecule has 0 fully saturated rings. The number of nitrogens with zero attached hydrogens (tertiary/aromatic N) is 3. The molecule has 8 nitrogen and oxygen atoms in total. The van der Waals surface area contributed by atoms with Crippen LogP contribution in [-0.2, 0) is 17.8 Å². The average Bonchev–Trinajstić information content (AvgIpc) is 3.11. The number of aryl methyl sites for hydroxylation is 2. The van der Waals surface area contributed by atoms with E-state index in [4.69, 9.17) is 5.73 Å². The molecule has 0 spiro atoms. The smallest absolute Gasteiger partial charge is 0.387 e. The summed E-state index contributed by atoms with van der Waals surface area (Å²) in [5.74, 6) is -0.747. The molecule has 3 aromatic rings. The predicted molar refractivity (Wildman–Crippen MR) is 104 cm³/mol. The van der Waals surface area contributed by atoms with Gasteiger partial charge in [-0.05, 0) is 43.5 Å². The number of ether oxygens (including phenoxy) is 1. The molecular formula is C20H21F2N5O3. The number of halogens is 2. The van der Waals surface area contributed by atoms with Crippen molar-refractivity contribution in [2.75, 3.05) is 0 Å². The SMILES string of the molecule is Cc1nc2c(C(N)=O)ncn2c(C)c1CCC(=O)NCc1ccc(OC(F)F)cc1. The first-order valence-electron chi connectivity index (χ1n) is 9.19. The fraction of sp³-hybridized carbons (Fsp3) is 0.300. The molecule has 2 aromatic heterocycles. The first-order valence-corrected chi connectivity index (χ1v) is 9.19. The Morgan fingerprint density at radius 1 is 1.23 bits per heavy atom. The van der Waals surface area contributed by atoms with Crippen LogP contribution in [-0.4, -0.2) is 32.8 Å². The van der Waals surface area contributed by atoms with Gasteiger partial charge in [-0.2, -0.15) is 8.78 Å². The number of carbonyl (C=O) groups excluding carboxylic acids is 2. The number of hydrogen-bond acceptors (Lipinski definition) is 5. The first kappa shape index (κ1) is 21.2. The summed E-state index contributed by atoms with van der Waals surface area (Å²) in [4.78, 5) is 32.1. The van der Waals surface area contributed by atoms with E-state index >= 15 is 0 Å². The van der Waals surface area contributed by atoms with Crippen LogP contribution < -0.4 is 15.8 Å². The molecule has 0 saturated carbocycles. The molecule has 10 heteroatoms. The highest BCUT2D eigenvalue weighted by molar-refractivity contribution is 5.96. The summed E-state index contributed by atoms with van der Waals surface area (Å²) in [5.41, 5.74) is 9.01. The van der Waals surface area contributed by atoms with Gasteiger partial charge in [-0.25, -0.2) is 9.97 Å². The van der Waals surface area contributed by atoms with E-state index in [2.05, 4.69) is 20.0 Å². The lowest BCUT2D eigenvalue weighted by molar-refractivity contribution is -0.121. The fourth-order valence-corrected chi connectivity index (χ4v) is 3.18. The van der Waals surface area contributed by atoms with Crippen LogP contribution in [0.4, 0.5) is 8.78 Å². The van der Waals surface area contributed by atoms with Gasteiger partial charge in [0, 0.05) is 24.4 Å². The normalized spacial score (nSPS) is 11.1. The number of hydrogen-bond donors (Lipinski definition) is 2. The van der Waals surface area contributed by atoms with Gasteiger partial charge in [-0.1, -0.05) is 12.1 Å². The van der Waals surface area contributed by atoms with Crippen molar-refractivity contribution in [3.05, 3.63) is 58.8 Å². The van der Waals surface area contributed by atoms with Gasteiger partial charge in [0.1, 0.15) is 12.1 Å². The number of nitrogens with one attached hydrogen (secondary N) is 1. The second-order valence-electron chi connectivity index (χ2n) is 6.71. The van der Waals surface area contributed by atoms with Gasteiger partial charge < -0.3 is 15.8 Å². The van der Waals surface area contributed by atoms with Crippen LogP contribution in [0.1, 0.15) is 39.4 Å². The summed E-state index contributed by atoms with van der Waals surface area (Å²) in [6.45, 7) is 1.07.